The molecule has 0 amide bonds. The highest BCUT2D eigenvalue weighted by Crippen LogP contribution is 2.17. The fraction of sp³-hybridized carbons (Fsp3) is 0.889. The number of carbonyl (C=O) groups is 1. The van der Waals surface area contributed by atoms with E-state index in [9.17, 15) is 4.79 Å². The summed E-state index contributed by atoms with van der Waals surface area (Å²) < 4.78 is 10.3. The lowest BCUT2D eigenvalue weighted by Crippen LogP contribution is -2.21. The molecule has 0 aromatic rings. The third-order valence-corrected chi connectivity index (χ3v) is 1.58. The Balaban J connectivity index is 2.20. The molecule has 0 aromatic carbocycles. The average molecular weight is 172 g/mol. The van der Waals surface area contributed by atoms with Crippen LogP contribution in [0.5, 0.6) is 0 Å². The summed E-state index contributed by atoms with van der Waals surface area (Å²) >= 11 is 0. The second kappa shape index (κ2) is 3.44. The zero-order valence-corrected chi connectivity index (χ0v) is 7.92. The average Bonchev–Trinajstić information content (AvgIpc) is 2.30. The van der Waals surface area contributed by atoms with Gasteiger partial charge in [0.05, 0.1) is 13.0 Å². The van der Waals surface area contributed by atoms with Gasteiger partial charge in [0.15, 0.2) is 0 Å². The summed E-state index contributed by atoms with van der Waals surface area (Å²) in [5, 5.41) is 0. The second-order valence-corrected chi connectivity index (χ2v) is 4.38. The van der Waals surface area contributed by atoms with E-state index in [1.807, 2.05) is 0 Å². The predicted molar refractivity (Wildman–Crippen MR) is 44.8 cm³/mol. The predicted octanol–water partition coefficient (Wildman–Crippen LogP) is 1.36. The van der Waals surface area contributed by atoms with Crippen LogP contribution in [0.3, 0.4) is 0 Å². The zero-order chi connectivity index (χ0) is 9.19. The summed E-state index contributed by atoms with van der Waals surface area (Å²) in [7, 11) is 0. The molecule has 1 saturated heterocycles. The maximum Gasteiger partial charge on any atom is 0.308 e. The van der Waals surface area contributed by atoms with Gasteiger partial charge < -0.3 is 9.47 Å². The third kappa shape index (κ3) is 3.22. The highest BCUT2D eigenvalue weighted by atomic mass is 16.6. The molecule has 0 unspecified atom stereocenters. The Kier molecular flexibility index (Phi) is 2.73. The summed E-state index contributed by atoms with van der Waals surface area (Å²) in [6.45, 7) is 7.41. The lowest BCUT2D eigenvalue weighted by Gasteiger charge is -2.20. The van der Waals surface area contributed by atoms with E-state index in [-0.39, 0.29) is 17.5 Å². The van der Waals surface area contributed by atoms with Crippen molar-refractivity contribution in [1.82, 2.24) is 0 Å². The van der Waals surface area contributed by atoms with Crippen molar-refractivity contribution in [3.8, 4) is 0 Å². The Hall–Kier alpha value is -0.570. The van der Waals surface area contributed by atoms with Crippen LogP contribution in [0.2, 0.25) is 0 Å². The van der Waals surface area contributed by atoms with Crippen LogP contribution in [0, 0.1) is 5.41 Å². The molecular formula is C9H16O3. The molecule has 1 rings (SSSR count). The molecule has 0 N–H and O–H groups in total. The van der Waals surface area contributed by atoms with Crippen molar-refractivity contribution >= 4 is 5.97 Å². The van der Waals surface area contributed by atoms with Gasteiger partial charge in [-0.05, 0) is 5.41 Å². The largest absolute Gasteiger partial charge is 0.463 e. The van der Waals surface area contributed by atoms with E-state index in [0.29, 0.717) is 19.6 Å². The van der Waals surface area contributed by atoms with Crippen LogP contribution in [0.15, 0.2) is 0 Å². The molecule has 3 heteroatoms. The minimum Gasteiger partial charge on any atom is -0.463 e. The minimum absolute atomic E-state index is 0.0169. The van der Waals surface area contributed by atoms with Crippen molar-refractivity contribution < 1.29 is 14.3 Å². The van der Waals surface area contributed by atoms with Gasteiger partial charge in [0.2, 0.25) is 0 Å². The lowest BCUT2D eigenvalue weighted by molar-refractivity contribution is -0.137. The van der Waals surface area contributed by atoms with Gasteiger partial charge in [0.1, 0.15) is 12.7 Å². The molecule has 1 aliphatic rings. The number of cyclic esters (lactones) is 1. The number of hydrogen-bond donors (Lipinski definition) is 0. The smallest absolute Gasteiger partial charge is 0.308 e. The van der Waals surface area contributed by atoms with Gasteiger partial charge in [0, 0.05) is 0 Å². The molecule has 0 spiro atoms. The standard InChI is InChI=1S/C9H16O3/c1-9(2,3)6-12-7-4-8(10)11-5-7/h7H,4-6H2,1-3H3/t7-/m0/s1. The van der Waals surface area contributed by atoms with E-state index >= 15 is 0 Å². The molecule has 3 nitrogen and oxygen atoms in total. The van der Waals surface area contributed by atoms with E-state index in [2.05, 4.69) is 20.8 Å². The fourth-order valence-electron chi connectivity index (χ4n) is 0.965. The van der Waals surface area contributed by atoms with Crippen molar-refractivity contribution in [1.29, 1.82) is 0 Å². The Bertz CT molecular complexity index is 169. The van der Waals surface area contributed by atoms with Gasteiger partial charge >= 0.3 is 5.97 Å². The monoisotopic (exact) mass is 172 g/mol. The number of esters is 1. The topological polar surface area (TPSA) is 35.5 Å². The molecule has 0 radical (unpaired) electrons. The van der Waals surface area contributed by atoms with Gasteiger partial charge in [0.25, 0.3) is 0 Å². The first-order valence-corrected chi connectivity index (χ1v) is 4.24. The van der Waals surface area contributed by atoms with Crippen molar-refractivity contribution in [2.24, 2.45) is 5.41 Å². The molecule has 1 fully saturated rings. The molecule has 12 heavy (non-hydrogen) atoms. The molecule has 70 valence electrons. The zero-order valence-electron chi connectivity index (χ0n) is 7.92. The van der Waals surface area contributed by atoms with Crippen molar-refractivity contribution in [2.45, 2.75) is 33.3 Å². The number of carbonyl (C=O) groups excluding carboxylic acids is 1. The maximum atomic E-state index is 10.7. The van der Waals surface area contributed by atoms with E-state index < -0.39 is 0 Å². The highest BCUT2D eigenvalue weighted by Gasteiger charge is 2.25. The van der Waals surface area contributed by atoms with Crippen LogP contribution < -0.4 is 0 Å². The molecule has 0 saturated carbocycles. The summed E-state index contributed by atoms with van der Waals surface area (Å²) in [6, 6.07) is 0. The SMILES string of the molecule is CC(C)(C)CO[C@@H]1COC(=O)C1. The molecule has 1 heterocycles. The van der Waals surface area contributed by atoms with Crippen molar-refractivity contribution in [3.05, 3.63) is 0 Å². The fourth-order valence-corrected chi connectivity index (χ4v) is 0.965. The summed E-state index contributed by atoms with van der Waals surface area (Å²) in [5.41, 5.74) is 0.158. The summed E-state index contributed by atoms with van der Waals surface area (Å²) in [5.74, 6) is -0.145. The Morgan fingerprint density at radius 2 is 2.25 bits per heavy atom. The Morgan fingerprint density at radius 1 is 1.58 bits per heavy atom. The van der Waals surface area contributed by atoms with Crippen molar-refractivity contribution in [3.63, 3.8) is 0 Å². The molecule has 1 aliphatic heterocycles. The van der Waals surface area contributed by atoms with Crippen LogP contribution >= 0.6 is 0 Å². The molecule has 1 atom stereocenters. The molecule has 0 bridgehead atoms. The van der Waals surface area contributed by atoms with Crippen LogP contribution in [-0.4, -0.2) is 25.3 Å². The van der Waals surface area contributed by atoms with Gasteiger partial charge in [-0.1, -0.05) is 20.8 Å². The highest BCUT2D eigenvalue weighted by molar-refractivity contribution is 5.71. The summed E-state index contributed by atoms with van der Waals surface area (Å²) in [4.78, 5) is 10.7. The van der Waals surface area contributed by atoms with Gasteiger partial charge in [-0.2, -0.15) is 0 Å². The molecule has 0 aromatic heterocycles. The lowest BCUT2D eigenvalue weighted by atomic mass is 9.98. The number of hydrogen-bond acceptors (Lipinski definition) is 3. The van der Waals surface area contributed by atoms with Crippen LogP contribution in [0.25, 0.3) is 0 Å². The second-order valence-electron chi connectivity index (χ2n) is 4.38. The Morgan fingerprint density at radius 3 is 2.67 bits per heavy atom. The van der Waals surface area contributed by atoms with Gasteiger partial charge in [-0.3, -0.25) is 4.79 Å². The van der Waals surface area contributed by atoms with E-state index in [0.717, 1.165) is 0 Å². The molecule has 0 aliphatic carbocycles. The van der Waals surface area contributed by atoms with Crippen LogP contribution in [0.1, 0.15) is 27.2 Å². The molecular weight excluding hydrogens is 156 g/mol. The van der Waals surface area contributed by atoms with Crippen LogP contribution in [0.4, 0.5) is 0 Å². The van der Waals surface area contributed by atoms with Crippen LogP contribution in [-0.2, 0) is 14.3 Å². The van der Waals surface area contributed by atoms with Crippen molar-refractivity contribution in [2.75, 3.05) is 13.2 Å². The van der Waals surface area contributed by atoms with Gasteiger partial charge in [-0.25, -0.2) is 0 Å². The maximum absolute atomic E-state index is 10.7. The minimum atomic E-state index is -0.145. The number of rotatable bonds is 2. The third-order valence-electron chi connectivity index (χ3n) is 1.58. The first-order chi connectivity index (χ1) is 5.47. The van der Waals surface area contributed by atoms with E-state index in [1.165, 1.54) is 0 Å². The van der Waals surface area contributed by atoms with Gasteiger partial charge in [-0.15, -0.1) is 0 Å². The van der Waals surface area contributed by atoms with E-state index in [4.69, 9.17) is 9.47 Å². The number of ether oxygens (including phenoxy) is 2. The quantitative estimate of drug-likeness (QED) is 0.590. The van der Waals surface area contributed by atoms with E-state index in [1.54, 1.807) is 0 Å². The first-order valence-electron chi connectivity index (χ1n) is 4.24. The summed E-state index contributed by atoms with van der Waals surface area (Å²) in [6.07, 6.45) is 0.396. The normalized spacial score (nSPS) is 24.2. The first kappa shape index (κ1) is 9.52. The Labute approximate surface area is 73.0 Å².